The SMILES string of the molecule is CC(C)C1NCN(C2C3(C)CCC(C3)C2(C)C)C1=O. The Balaban J connectivity index is 1.89. The second-order valence-corrected chi connectivity index (χ2v) is 8.21. The number of hydrogen-bond acceptors (Lipinski definition) is 2. The second-order valence-electron chi connectivity index (χ2n) is 8.21. The fraction of sp³-hybridized carbons (Fsp3) is 0.938. The van der Waals surface area contributed by atoms with Crippen molar-refractivity contribution in [1.29, 1.82) is 0 Å². The summed E-state index contributed by atoms with van der Waals surface area (Å²) in [6.07, 6.45) is 3.95. The van der Waals surface area contributed by atoms with E-state index < -0.39 is 0 Å². The minimum Gasteiger partial charge on any atom is -0.324 e. The number of nitrogens with one attached hydrogen (secondary N) is 1. The van der Waals surface area contributed by atoms with E-state index >= 15 is 0 Å². The van der Waals surface area contributed by atoms with E-state index in [1.165, 1.54) is 19.3 Å². The van der Waals surface area contributed by atoms with Gasteiger partial charge in [0, 0.05) is 6.04 Å². The van der Waals surface area contributed by atoms with Crippen LogP contribution in [0.25, 0.3) is 0 Å². The van der Waals surface area contributed by atoms with Crippen LogP contribution < -0.4 is 5.32 Å². The van der Waals surface area contributed by atoms with Gasteiger partial charge in [-0.3, -0.25) is 10.1 Å². The second kappa shape index (κ2) is 3.97. The fourth-order valence-electron chi connectivity index (χ4n) is 5.33. The molecular formula is C16H28N2O. The summed E-state index contributed by atoms with van der Waals surface area (Å²) in [4.78, 5) is 14.9. The van der Waals surface area contributed by atoms with Crippen LogP contribution in [0, 0.1) is 22.7 Å². The number of hydrogen-bond donors (Lipinski definition) is 1. The lowest BCUT2D eigenvalue weighted by atomic mass is 9.67. The first-order valence-electron chi connectivity index (χ1n) is 7.81. The fourth-order valence-corrected chi connectivity index (χ4v) is 5.33. The van der Waals surface area contributed by atoms with E-state index in [1.54, 1.807) is 0 Å². The van der Waals surface area contributed by atoms with Crippen LogP contribution in [0.2, 0.25) is 0 Å². The van der Waals surface area contributed by atoms with Gasteiger partial charge in [-0.1, -0.05) is 34.6 Å². The Labute approximate surface area is 117 Å². The highest BCUT2D eigenvalue weighted by atomic mass is 16.2. The molecule has 0 aromatic heterocycles. The van der Waals surface area contributed by atoms with Crippen molar-refractivity contribution in [3.63, 3.8) is 0 Å². The normalized spacial score (nSPS) is 44.6. The van der Waals surface area contributed by atoms with Gasteiger partial charge in [0.15, 0.2) is 0 Å². The molecule has 0 radical (unpaired) electrons. The Morgan fingerprint density at radius 1 is 1.32 bits per heavy atom. The lowest BCUT2D eigenvalue weighted by molar-refractivity contribution is -0.137. The molecule has 19 heavy (non-hydrogen) atoms. The van der Waals surface area contributed by atoms with Gasteiger partial charge in [0.05, 0.1) is 12.7 Å². The molecule has 0 aromatic carbocycles. The Kier molecular flexibility index (Phi) is 2.80. The zero-order chi connectivity index (χ0) is 14.0. The van der Waals surface area contributed by atoms with Gasteiger partial charge in [-0.15, -0.1) is 0 Å². The third-order valence-electron chi connectivity index (χ3n) is 6.20. The third-order valence-corrected chi connectivity index (χ3v) is 6.20. The lowest BCUT2D eigenvalue weighted by Crippen LogP contribution is -2.54. The zero-order valence-corrected chi connectivity index (χ0v) is 13.0. The summed E-state index contributed by atoms with van der Waals surface area (Å²) >= 11 is 0. The van der Waals surface area contributed by atoms with Crippen molar-refractivity contribution in [2.75, 3.05) is 6.67 Å². The van der Waals surface area contributed by atoms with Gasteiger partial charge in [0.2, 0.25) is 5.91 Å². The van der Waals surface area contributed by atoms with Crippen molar-refractivity contribution < 1.29 is 4.79 Å². The summed E-state index contributed by atoms with van der Waals surface area (Å²) < 4.78 is 0. The zero-order valence-electron chi connectivity index (χ0n) is 13.0. The molecule has 3 fully saturated rings. The Hall–Kier alpha value is -0.570. The minimum absolute atomic E-state index is 0.0264. The Bertz CT molecular complexity index is 399. The van der Waals surface area contributed by atoms with Crippen LogP contribution in [0.15, 0.2) is 0 Å². The molecule has 4 unspecified atom stereocenters. The van der Waals surface area contributed by atoms with Gasteiger partial charge in [-0.2, -0.15) is 0 Å². The van der Waals surface area contributed by atoms with Crippen molar-refractivity contribution in [2.24, 2.45) is 22.7 Å². The molecule has 0 spiro atoms. The summed E-state index contributed by atoms with van der Waals surface area (Å²) in [5, 5.41) is 3.42. The summed E-state index contributed by atoms with van der Waals surface area (Å²) in [7, 11) is 0. The molecule has 1 heterocycles. The molecule has 3 heteroatoms. The highest BCUT2D eigenvalue weighted by molar-refractivity contribution is 5.84. The maximum Gasteiger partial charge on any atom is 0.241 e. The third kappa shape index (κ3) is 1.70. The number of fused-ring (bicyclic) bond motifs is 2. The molecule has 2 saturated carbocycles. The van der Waals surface area contributed by atoms with Crippen molar-refractivity contribution in [3.8, 4) is 0 Å². The van der Waals surface area contributed by atoms with E-state index in [-0.39, 0.29) is 11.5 Å². The first-order valence-corrected chi connectivity index (χ1v) is 7.81. The minimum atomic E-state index is 0.0264. The number of amides is 1. The molecule has 108 valence electrons. The summed E-state index contributed by atoms with van der Waals surface area (Å²) in [5.74, 6) is 1.52. The Morgan fingerprint density at radius 2 is 2.00 bits per heavy atom. The van der Waals surface area contributed by atoms with Gasteiger partial charge >= 0.3 is 0 Å². The Morgan fingerprint density at radius 3 is 2.47 bits per heavy atom. The largest absolute Gasteiger partial charge is 0.324 e. The average Bonchev–Trinajstić information content (AvgIpc) is 2.89. The monoisotopic (exact) mass is 264 g/mol. The van der Waals surface area contributed by atoms with E-state index in [9.17, 15) is 4.79 Å². The molecule has 1 amide bonds. The van der Waals surface area contributed by atoms with Gasteiger partial charge < -0.3 is 4.90 Å². The van der Waals surface area contributed by atoms with E-state index in [2.05, 4.69) is 44.8 Å². The van der Waals surface area contributed by atoms with Crippen LogP contribution in [0.4, 0.5) is 0 Å². The van der Waals surface area contributed by atoms with Crippen molar-refractivity contribution >= 4 is 5.91 Å². The molecule has 4 atom stereocenters. The number of carbonyl (C=O) groups excluding carboxylic acids is 1. The maximum absolute atomic E-state index is 12.7. The standard InChI is InChI=1S/C16H28N2O/c1-10(2)12-13(19)18(9-17-12)14-15(3,4)11-6-7-16(14,5)8-11/h10-12,14,17H,6-9H2,1-5H3. The molecule has 3 nitrogen and oxygen atoms in total. The molecule has 2 aliphatic carbocycles. The molecule has 0 aromatic rings. The topological polar surface area (TPSA) is 32.3 Å². The van der Waals surface area contributed by atoms with Crippen molar-refractivity contribution in [2.45, 2.75) is 66.0 Å². The molecule has 1 N–H and O–H groups in total. The smallest absolute Gasteiger partial charge is 0.241 e. The molecule has 3 rings (SSSR count). The highest BCUT2D eigenvalue weighted by Crippen LogP contribution is 2.64. The van der Waals surface area contributed by atoms with Crippen LogP contribution in [0.5, 0.6) is 0 Å². The first kappa shape index (κ1) is 13.4. The summed E-state index contributed by atoms with van der Waals surface area (Å²) in [5.41, 5.74) is 0.619. The van der Waals surface area contributed by atoms with Crippen LogP contribution in [-0.4, -0.2) is 29.6 Å². The molecule has 1 saturated heterocycles. The van der Waals surface area contributed by atoms with Crippen LogP contribution >= 0.6 is 0 Å². The molecule has 2 bridgehead atoms. The average molecular weight is 264 g/mol. The van der Waals surface area contributed by atoms with Gasteiger partial charge in [0.1, 0.15) is 0 Å². The van der Waals surface area contributed by atoms with E-state index in [1.807, 2.05) is 0 Å². The van der Waals surface area contributed by atoms with Gasteiger partial charge in [0.25, 0.3) is 0 Å². The van der Waals surface area contributed by atoms with Crippen LogP contribution in [0.1, 0.15) is 53.9 Å². The molecular weight excluding hydrogens is 236 g/mol. The van der Waals surface area contributed by atoms with Gasteiger partial charge in [-0.25, -0.2) is 0 Å². The van der Waals surface area contributed by atoms with E-state index in [0.717, 1.165) is 12.6 Å². The summed E-state index contributed by atoms with van der Waals surface area (Å²) in [6.45, 7) is 12.2. The number of nitrogens with zero attached hydrogens (tertiary/aromatic N) is 1. The van der Waals surface area contributed by atoms with Gasteiger partial charge in [-0.05, 0) is 41.9 Å². The first-order chi connectivity index (χ1) is 8.77. The summed E-state index contributed by atoms with van der Waals surface area (Å²) in [6, 6.07) is 0.445. The highest BCUT2D eigenvalue weighted by Gasteiger charge is 2.62. The van der Waals surface area contributed by atoms with E-state index in [0.29, 0.717) is 23.3 Å². The number of rotatable bonds is 2. The molecule has 1 aliphatic heterocycles. The lowest BCUT2D eigenvalue weighted by Gasteiger charge is -2.47. The van der Waals surface area contributed by atoms with E-state index in [4.69, 9.17) is 0 Å². The van der Waals surface area contributed by atoms with Crippen molar-refractivity contribution in [3.05, 3.63) is 0 Å². The van der Waals surface area contributed by atoms with Crippen LogP contribution in [0.3, 0.4) is 0 Å². The quantitative estimate of drug-likeness (QED) is 0.831. The maximum atomic E-state index is 12.7. The molecule has 3 aliphatic rings. The van der Waals surface area contributed by atoms with Crippen LogP contribution in [-0.2, 0) is 4.79 Å². The number of carbonyl (C=O) groups is 1. The predicted octanol–water partition coefficient (Wildman–Crippen LogP) is 2.62. The van der Waals surface area contributed by atoms with Crippen molar-refractivity contribution in [1.82, 2.24) is 10.2 Å². The predicted molar refractivity (Wildman–Crippen MR) is 76.5 cm³/mol.